The van der Waals surface area contributed by atoms with Crippen molar-refractivity contribution in [3.63, 3.8) is 0 Å². The van der Waals surface area contributed by atoms with Crippen LogP contribution in [0.25, 0.3) is 0 Å². The minimum atomic E-state index is -0.224. The Morgan fingerprint density at radius 2 is 1.71 bits per heavy atom. The third kappa shape index (κ3) is 4.91. The summed E-state index contributed by atoms with van der Waals surface area (Å²) in [7, 11) is 0. The summed E-state index contributed by atoms with van der Waals surface area (Å²) in [6.07, 6.45) is 0.732. The second kappa shape index (κ2) is 6.88. The monoisotopic (exact) mass is 285 g/mol. The lowest BCUT2D eigenvalue weighted by Gasteiger charge is -2.08. The highest BCUT2D eigenvalue weighted by Gasteiger charge is 1.98. The summed E-state index contributed by atoms with van der Waals surface area (Å²) in [5.41, 5.74) is 10.2. The second-order valence-electron chi connectivity index (χ2n) is 5.14. The molecule has 0 saturated carbocycles. The first-order chi connectivity index (χ1) is 10.0. The number of nitrogens with zero attached hydrogens (tertiary/aromatic N) is 1. The van der Waals surface area contributed by atoms with Gasteiger partial charge in [-0.2, -0.15) is 0 Å². The highest BCUT2D eigenvalue weighted by molar-refractivity contribution is 5.92. The molecular formula is C17H20FN3. The van der Waals surface area contributed by atoms with E-state index in [1.54, 1.807) is 12.1 Å². The zero-order valence-electron chi connectivity index (χ0n) is 12.4. The van der Waals surface area contributed by atoms with Gasteiger partial charge in [0.15, 0.2) is 5.96 Å². The first-order valence-corrected chi connectivity index (χ1v) is 6.92. The van der Waals surface area contributed by atoms with Gasteiger partial charge in [0, 0.05) is 12.2 Å². The Hall–Kier alpha value is -2.36. The molecule has 0 aliphatic heterocycles. The van der Waals surface area contributed by atoms with E-state index in [9.17, 15) is 4.39 Å². The molecule has 110 valence electrons. The van der Waals surface area contributed by atoms with Gasteiger partial charge in [0.1, 0.15) is 5.82 Å². The van der Waals surface area contributed by atoms with Gasteiger partial charge in [0.05, 0.1) is 0 Å². The van der Waals surface area contributed by atoms with Crippen LogP contribution >= 0.6 is 0 Å². The molecule has 2 aromatic rings. The number of nitrogens with two attached hydrogens (primary N) is 1. The Balaban J connectivity index is 1.90. The summed E-state index contributed by atoms with van der Waals surface area (Å²) in [6.45, 7) is 4.65. The van der Waals surface area contributed by atoms with Crippen LogP contribution in [0.1, 0.15) is 16.7 Å². The molecule has 0 fully saturated rings. The predicted molar refractivity (Wildman–Crippen MR) is 86.1 cm³/mol. The van der Waals surface area contributed by atoms with E-state index in [-0.39, 0.29) is 5.82 Å². The number of hydrogen-bond acceptors (Lipinski definition) is 1. The average Bonchev–Trinajstić information content (AvgIpc) is 2.39. The maximum atomic E-state index is 12.8. The van der Waals surface area contributed by atoms with Crippen LogP contribution in [-0.2, 0) is 6.42 Å². The number of hydrogen-bond donors (Lipinski definition) is 2. The van der Waals surface area contributed by atoms with Gasteiger partial charge in [0.2, 0.25) is 0 Å². The van der Waals surface area contributed by atoms with E-state index in [2.05, 4.69) is 16.4 Å². The van der Waals surface area contributed by atoms with Gasteiger partial charge >= 0.3 is 0 Å². The van der Waals surface area contributed by atoms with Crippen LogP contribution in [0.3, 0.4) is 0 Å². The quantitative estimate of drug-likeness (QED) is 0.668. The van der Waals surface area contributed by atoms with Crippen molar-refractivity contribution >= 4 is 11.6 Å². The molecule has 3 N–H and O–H groups in total. The predicted octanol–water partition coefficient (Wildman–Crippen LogP) is 3.41. The van der Waals surface area contributed by atoms with Gasteiger partial charge in [-0.15, -0.1) is 0 Å². The fourth-order valence-corrected chi connectivity index (χ4v) is 2.19. The minimum absolute atomic E-state index is 0.224. The zero-order chi connectivity index (χ0) is 15.2. The van der Waals surface area contributed by atoms with Crippen LogP contribution in [0.5, 0.6) is 0 Å². The highest BCUT2D eigenvalue weighted by atomic mass is 19.1. The molecule has 0 bridgehead atoms. The number of aliphatic imine (C=N–C) groups is 1. The van der Waals surface area contributed by atoms with Crippen molar-refractivity contribution in [1.82, 2.24) is 0 Å². The highest BCUT2D eigenvalue weighted by Crippen LogP contribution is 2.13. The molecule has 0 aliphatic carbocycles. The smallest absolute Gasteiger partial charge is 0.193 e. The number of halogens is 1. The number of guanidine groups is 1. The first-order valence-electron chi connectivity index (χ1n) is 6.92. The Morgan fingerprint density at radius 1 is 1.10 bits per heavy atom. The summed E-state index contributed by atoms with van der Waals surface area (Å²) in [5, 5.41) is 3.09. The van der Waals surface area contributed by atoms with E-state index in [4.69, 9.17) is 5.73 Å². The van der Waals surface area contributed by atoms with Gasteiger partial charge < -0.3 is 11.1 Å². The van der Waals surface area contributed by atoms with Gasteiger partial charge in [-0.3, -0.25) is 4.99 Å². The maximum absolute atomic E-state index is 12.8. The van der Waals surface area contributed by atoms with E-state index in [1.165, 1.54) is 23.3 Å². The van der Waals surface area contributed by atoms with Crippen molar-refractivity contribution in [2.45, 2.75) is 20.3 Å². The molecule has 2 rings (SSSR count). The lowest BCUT2D eigenvalue weighted by molar-refractivity contribution is 0.627. The normalized spacial score (nSPS) is 11.5. The van der Waals surface area contributed by atoms with Crippen LogP contribution in [-0.4, -0.2) is 12.5 Å². The lowest BCUT2D eigenvalue weighted by atomic mass is 10.1. The molecule has 0 heterocycles. The summed E-state index contributed by atoms with van der Waals surface area (Å²) < 4.78 is 12.8. The van der Waals surface area contributed by atoms with E-state index in [0.29, 0.717) is 12.5 Å². The average molecular weight is 285 g/mol. The summed E-state index contributed by atoms with van der Waals surface area (Å²) >= 11 is 0. The Bertz CT molecular complexity index is 613. The van der Waals surface area contributed by atoms with E-state index in [0.717, 1.165) is 17.7 Å². The fourth-order valence-electron chi connectivity index (χ4n) is 2.19. The van der Waals surface area contributed by atoms with Gasteiger partial charge in [-0.1, -0.05) is 18.2 Å². The molecule has 0 atom stereocenters. The standard InChI is InChI=1S/C17H20FN3/c1-12-9-13(2)11-16(10-12)21-17(19)20-8-7-14-3-5-15(18)6-4-14/h3-6,9-11H,7-8H2,1-2H3,(H3,19,20,21). The molecule has 2 aromatic carbocycles. The van der Waals surface area contributed by atoms with Gasteiger partial charge in [-0.05, 0) is 61.2 Å². The molecule has 0 saturated heterocycles. The van der Waals surface area contributed by atoms with Crippen LogP contribution in [0.4, 0.5) is 10.1 Å². The van der Waals surface area contributed by atoms with Crippen LogP contribution in [0.2, 0.25) is 0 Å². The van der Waals surface area contributed by atoms with E-state index in [1.807, 2.05) is 26.0 Å². The Kier molecular flexibility index (Phi) is 4.93. The molecule has 0 aliphatic rings. The number of benzene rings is 2. The van der Waals surface area contributed by atoms with Crippen LogP contribution < -0.4 is 11.1 Å². The topological polar surface area (TPSA) is 50.4 Å². The van der Waals surface area contributed by atoms with Crippen molar-refractivity contribution in [2.75, 3.05) is 11.9 Å². The van der Waals surface area contributed by atoms with Crippen molar-refractivity contribution in [1.29, 1.82) is 0 Å². The van der Waals surface area contributed by atoms with Crippen LogP contribution in [0.15, 0.2) is 47.5 Å². The third-order valence-corrected chi connectivity index (χ3v) is 3.09. The summed E-state index contributed by atoms with van der Waals surface area (Å²) in [6, 6.07) is 12.6. The third-order valence-electron chi connectivity index (χ3n) is 3.09. The number of aryl methyl sites for hydroxylation is 2. The van der Waals surface area contributed by atoms with Crippen LogP contribution in [0, 0.1) is 19.7 Å². The van der Waals surface area contributed by atoms with E-state index < -0.39 is 0 Å². The molecule has 0 radical (unpaired) electrons. The molecule has 3 nitrogen and oxygen atoms in total. The van der Waals surface area contributed by atoms with Gasteiger partial charge in [-0.25, -0.2) is 4.39 Å². The van der Waals surface area contributed by atoms with Gasteiger partial charge in [0.25, 0.3) is 0 Å². The molecule has 0 spiro atoms. The molecule has 0 amide bonds. The molecule has 21 heavy (non-hydrogen) atoms. The molecule has 4 heteroatoms. The maximum Gasteiger partial charge on any atom is 0.193 e. The lowest BCUT2D eigenvalue weighted by Crippen LogP contribution is -2.23. The number of rotatable bonds is 4. The second-order valence-corrected chi connectivity index (χ2v) is 5.14. The zero-order valence-corrected chi connectivity index (χ0v) is 12.4. The fraction of sp³-hybridized carbons (Fsp3) is 0.235. The largest absolute Gasteiger partial charge is 0.370 e. The van der Waals surface area contributed by atoms with Crippen molar-refractivity contribution in [3.05, 3.63) is 65.0 Å². The molecular weight excluding hydrogens is 265 g/mol. The molecule has 0 aromatic heterocycles. The molecule has 0 unspecified atom stereocenters. The minimum Gasteiger partial charge on any atom is -0.370 e. The number of anilines is 1. The van der Waals surface area contributed by atoms with Crippen molar-refractivity contribution < 1.29 is 4.39 Å². The first kappa shape index (κ1) is 15.0. The van der Waals surface area contributed by atoms with E-state index >= 15 is 0 Å². The van der Waals surface area contributed by atoms with Crippen molar-refractivity contribution in [2.24, 2.45) is 10.7 Å². The Morgan fingerprint density at radius 3 is 2.33 bits per heavy atom. The summed E-state index contributed by atoms with van der Waals surface area (Å²) in [4.78, 5) is 4.29. The Labute approximate surface area is 124 Å². The summed E-state index contributed by atoms with van der Waals surface area (Å²) in [5.74, 6) is 0.167. The number of nitrogens with one attached hydrogen (secondary N) is 1. The van der Waals surface area contributed by atoms with Crippen molar-refractivity contribution in [3.8, 4) is 0 Å². The SMILES string of the molecule is Cc1cc(C)cc(NC(N)=NCCc2ccc(F)cc2)c1.